The van der Waals surface area contributed by atoms with Gasteiger partial charge in [0.15, 0.2) is 0 Å². The van der Waals surface area contributed by atoms with Crippen molar-refractivity contribution < 1.29 is 19.4 Å². The van der Waals surface area contributed by atoms with Gasteiger partial charge in [0.1, 0.15) is 23.9 Å². The normalized spacial score (nSPS) is 11.0. The van der Waals surface area contributed by atoms with Crippen LogP contribution in [0.3, 0.4) is 0 Å². The molecular weight excluding hydrogens is 442 g/mol. The number of carbonyl (C=O) groups is 1. The summed E-state index contributed by atoms with van der Waals surface area (Å²) in [5.74, 6) is 1.11. The molecular formula is C25H24ClN3O4. The van der Waals surface area contributed by atoms with E-state index in [1.165, 1.54) is 0 Å². The lowest BCUT2D eigenvalue weighted by Crippen LogP contribution is -2.06. The van der Waals surface area contributed by atoms with Gasteiger partial charge in [-0.25, -0.2) is 9.78 Å². The molecule has 0 saturated heterocycles. The van der Waals surface area contributed by atoms with Crippen LogP contribution in [0.2, 0.25) is 5.02 Å². The maximum atomic E-state index is 11.5. The monoisotopic (exact) mass is 465 g/mol. The fourth-order valence-electron chi connectivity index (χ4n) is 3.74. The first kappa shape index (κ1) is 22.6. The second kappa shape index (κ2) is 9.50. The van der Waals surface area contributed by atoms with Gasteiger partial charge in [0.2, 0.25) is 0 Å². The molecule has 4 aromatic rings. The minimum atomic E-state index is -0.978. The number of aromatic carboxylic acids is 1. The first-order chi connectivity index (χ1) is 15.9. The minimum absolute atomic E-state index is 0.146. The summed E-state index contributed by atoms with van der Waals surface area (Å²) in [4.78, 5) is 20.7. The number of aromatic nitrogens is 3. The molecule has 0 fully saturated rings. The molecule has 0 aliphatic carbocycles. The summed E-state index contributed by atoms with van der Waals surface area (Å²) in [6.45, 7) is 6.95. The van der Waals surface area contributed by atoms with Gasteiger partial charge in [0.25, 0.3) is 0 Å². The van der Waals surface area contributed by atoms with Crippen LogP contribution in [-0.4, -0.2) is 32.2 Å². The Morgan fingerprint density at radius 3 is 2.64 bits per heavy atom. The van der Waals surface area contributed by atoms with Gasteiger partial charge in [-0.05, 0) is 38.5 Å². The number of hydrogen-bond donors (Lipinski definition) is 1. The van der Waals surface area contributed by atoms with Crippen LogP contribution in [-0.2, 0) is 13.2 Å². The van der Waals surface area contributed by atoms with Crippen molar-refractivity contribution in [1.82, 2.24) is 14.5 Å². The molecule has 0 saturated carbocycles. The van der Waals surface area contributed by atoms with E-state index in [9.17, 15) is 9.90 Å². The molecule has 0 aliphatic heterocycles. The summed E-state index contributed by atoms with van der Waals surface area (Å²) in [7, 11) is 0. The van der Waals surface area contributed by atoms with E-state index in [1.54, 1.807) is 36.5 Å². The van der Waals surface area contributed by atoms with Crippen molar-refractivity contribution >= 4 is 28.6 Å². The van der Waals surface area contributed by atoms with E-state index in [1.807, 2.05) is 37.5 Å². The van der Waals surface area contributed by atoms with Crippen molar-refractivity contribution in [2.75, 3.05) is 6.61 Å². The Morgan fingerprint density at radius 1 is 1.12 bits per heavy atom. The van der Waals surface area contributed by atoms with Gasteiger partial charge >= 0.3 is 5.97 Å². The number of ether oxygens (including phenoxy) is 2. The fourth-order valence-corrected chi connectivity index (χ4v) is 3.95. The Bertz CT molecular complexity index is 1330. The molecule has 0 spiro atoms. The van der Waals surface area contributed by atoms with Crippen LogP contribution < -0.4 is 9.47 Å². The van der Waals surface area contributed by atoms with Crippen LogP contribution in [0.4, 0.5) is 0 Å². The topological polar surface area (TPSA) is 86.5 Å². The lowest BCUT2D eigenvalue weighted by Gasteiger charge is -2.12. The molecule has 170 valence electrons. The maximum absolute atomic E-state index is 11.5. The number of imidazole rings is 1. The molecule has 0 amide bonds. The molecule has 0 atom stereocenters. The zero-order chi connectivity index (χ0) is 23.5. The summed E-state index contributed by atoms with van der Waals surface area (Å²) >= 11 is 6.46. The predicted molar refractivity (Wildman–Crippen MR) is 126 cm³/mol. The maximum Gasteiger partial charge on any atom is 0.336 e. The first-order valence-corrected chi connectivity index (χ1v) is 10.9. The molecule has 0 radical (unpaired) electrons. The van der Waals surface area contributed by atoms with Crippen LogP contribution >= 0.6 is 11.6 Å². The number of pyridine rings is 1. The third-order valence-corrected chi connectivity index (χ3v) is 5.69. The predicted octanol–water partition coefficient (Wildman–Crippen LogP) is 5.43. The molecule has 0 aliphatic rings. The summed E-state index contributed by atoms with van der Waals surface area (Å²) in [5.41, 5.74) is 4.27. The van der Waals surface area contributed by atoms with Crippen molar-refractivity contribution in [3.8, 4) is 11.5 Å². The standard InChI is InChI=1S/C25H24ClN3O4/c1-4-32-19-10-21(26)22(27-12-19)13-29-16(3)28-24-15(2)9-18(11-23(24)29)33-14-17-7-5-6-8-20(17)25(30)31/h5-12H,4,13-14H2,1-3H3,(H,30,31). The number of carboxylic acid groups (broad SMARTS) is 1. The number of fused-ring (bicyclic) bond motifs is 1. The third kappa shape index (κ3) is 4.78. The summed E-state index contributed by atoms with van der Waals surface area (Å²) in [5, 5.41) is 9.93. The molecule has 33 heavy (non-hydrogen) atoms. The van der Waals surface area contributed by atoms with Crippen LogP contribution in [0.15, 0.2) is 48.7 Å². The Hall–Kier alpha value is -3.58. The second-order valence-corrected chi connectivity index (χ2v) is 8.04. The zero-order valence-corrected chi connectivity index (χ0v) is 19.4. The van der Waals surface area contributed by atoms with Gasteiger partial charge in [0.05, 0.1) is 46.7 Å². The summed E-state index contributed by atoms with van der Waals surface area (Å²) in [6.07, 6.45) is 1.67. The van der Waals surface area contributed by atoms with Crippen molar-refractivity contribution in [3.05, 3.63) is 81.9 Å². The lowest BCUT2D eigenvalue weighted by atomic mass is 10.1. The molecule has 4 rings (SSSR count). The molecule has 7 nitrogen and oxygen atoms in total. The number of benzene rings is 2. The van der Waals surface area contributed by atoms with E-state index < -0.39 is 5.97 Å². The second-order valence-electron chi connectivity index (χ2n) is 7.64. The lowest BCUT2D eigenvalue weighted by molar-refractivity contribution is 0.0694. The van der Waals surface area contributed by atoms with E-state index >= 15 is 0 Å². The number of carboxylic acids is 1. The summed E-state index contributed by atoms with van der Waals surface area (Å²) < 4.78 is 13.5. The van der Waals surface area contributed by atoms with Crippen LogP contribution in [0.25, 0.3) is 11.0 Å². The van der Waals surface area contributed by atoms with Gasteiger partial charge in [-0.2, -0.15) is 0 Å². The van der Waals surface area contributed by atoms with E-state index in [4.69, 9.17) is 26.1 Å². The molecule has 2 heterocycles. The van der Waals surface area contributed by atoms with E-state index in [2.05, 4.69) is 4.98 Å². The number of hydrogen-bond acceptors (Lipinski definition) is 5. The molecule has 1 N–H and O–H groups in total. The Labute approximate surface area is 196 Å². The number of aryl methyl sites for hydroxylation is 2. The van der Waals surface area contributed by atoms with Crippen LogP contribution in [0.5, 0.6) is 11.5 Å². The number of nitrogens with zero attached hydrogens (tertiary/aromatic N) is 3. The SMILES string of the molecule is CCOc1cnc(Cn2c(C)nc3c(C)cc(OCc4ccccc4C(=O)O)cc32)c(Cl)c1. The Balaban J connectivity index is 1.65. The average molecular weight is 466 g/mol. The third-order valence-electron chi connectivity index (χ3n) is 5.36. The first-order valence-electron chi connectivity index (χ1n) is 10.6. The largest absolute Gasteiger partial charge is 0.492 e. The van der Waals surface area contributed by atoms with Crippen molar-refractivity contribution in [3.63, 3.8) is 0 Å². The minimum Gasteiger partial charge on any atom is -0.492 e. The fraction of sp³-hybridized carbons (Fsp3) is 0.240. The molecule has 2 aromatic heterocycles. The number of rotatable bonds is 8. The average Bonchev–Trinajstić information content (AvgIpc) is 3.10. The Kier molecular flexibility index (Phi) is 6.51. The van der Waals surface area contributed by atoms with Crippen molar-refractivity contribution in [2.24, 2.45) is 0 Å². The molecule has 8 heteroatoms. The molecule has 0 bridgehead atoms. The van der Waals surface area contributed by atoms with Gasteiger partial charge in [-0.3, -0.25) is 4.98 Å². The van der Waals surface area contributed by atoms with Crippen LogP contribution in [0, 0.1) is 13.8 Å². The van der Waals surface area contributed by atoms with Crippen molar-refractivity contribution in [2.45, 2.75) is 33.9 Å². The van der Waals surface area contributed by atoms with E-state index in [0.717, 1.165) is 22.4 Å². The van der Waals surface area contributed by atoms with Gasteiger partial charge in [-0.15, -0.1) is 0 Å². The molecule has 2 aromatic carbocycles. The number of halogens is 1. The molecule has 0 unspecified atom stereocenters. The van der Waals surface area contributed by atoms with Gasteiger partial charge in [-0.1, -0.05) is 29.8 Å². The van der Waals surface area contributed by atoms with Crippen molar-refractivity contribution in [1.29, 1.82) is 0 Å². The highest BCUT2D eigenvalue weighted by atomic mass is 35.5. The highest BCUT2D eigenvalue weighted by Crippen LogP contribution is 2.29. The quantitative estimate of drug-likeness (QED) is 0.373. The smallest absolute Gasteiger partial charge is 0.336 e. The van der Waals surface area contributed by atoms with E-state index in [-0.39, 0.29) is 12.2 Å². The Morgan fingerprint density at radius 2 is 1.91 bits per heavy atom. The zero-order valence-electron chi connectivity index (χ0n) is 18.6. The van der Waals surface area contributed by atoms with Gasteiger partial charge < -0.3 is 19.1 Å². The van der Waals surface area contributed by atoms with Gasteiger partial charge in [0, 0.05) is 17.7 Å². The van der Waals surface area contributed by atoms with Crippen LogP contribution in [0.1, 0.15) is 39.9 Å². The highest BCUT2D eigenvalue weighted by Gasteiger charge is 2.15. The van der Waals surface area contributed by atoms with E-state index in [0.29, 0.717) is 40.9 Å². The summed E-state index contributed by atoms with van der Waals surface area (Å²) in [6, 6.07) is 12.4. The highest BCUT2D eigenvalue weighted by molar-refractivity contribution is 6.31.